The van der Waals surface area contributed by atoms with Gasteiger partial charge in [0, 0.05) is 23.2 Å². The lowest BCUT2D eigenvalue weighted by Crippen LogP contribution is -1.93. The van der Waals surface area contributed by atoms with Crippen LogP contribution in [0.15, 0.2) is 150 Å². The number of hydrogen-bond donors (Lipinski definition) is 2. The van der Waals surface area contributed by atoms with Gasteiger partial charge in [0.1, 0.15) is 23.3 Å². The molecule has 0 bridgehead atoms. The van der Waals surface area contributed by atoms with Crippen LogP contribution in [0, 0.1) is 28.1 Å². The Hall–Kier alpha value is -6.95. The normalized spacial score (nSPS) is 12.3. The molecule has 6 aromatic carbocycles. The fraction of sp³-hybridized carbons (Fsp3) is 0.0227. The Morgan fingerprint density at radius 1 is 0.653 bits per heavy atom. The summed E-state index contributed by atoms with van der Waals surface area (Å²) in [4.78, 5) is 0. The van der Waals surface area contributed by atoms with Crippen LogP contribution in [0.25, 0.3) is 76.9 Å². The van der Waals surface area contributed by atoms with Gasteiger partial charge in [-0.25, -0.2) is 0 Å². The van der Waals surface area contributed by atoms with Crippen LogP contribution in [0.2, 0.25) is 0 Å². The van der Waals surface area contributed by atoms with Crippen molar-refractivity contribution in [2.75, 3.05) is 0 Å². The topological polar surface area (TPSA) is 111 Å². The second-order valence-corrected chi connectivity index (χ2v) is 11.9. The van der Waals surface area contributed by atoms with Crippen LogP contribution >= 0.6 is 0 Å². The van der Waals surface area contributed by atoms with Gasteiger partial charge in [-0.1, -0.05) is 85.4 Å². The Kier molecular flexibility index (Phi) is 7.94. The second kappa shape index (κ2) is 12.7. The van der Waals surface area contributed by atoms with Gasteiger partial charge in [-0.05, 0) is 115 Å². The molecule has 0 fully saturated rings. The summed E-state index contributed by atoms with van der Waals surface area (Å²) in [5.41, 5.74) is 15.6. The molecule has 5 heteroatoms. The van der Waals surface area contributed by atoms with Crippen LogP contribution < -0.4 is 5.73 Å². The van der Waals surface area contributed by atoms with Crippen LogP contribution in [0.3, 0.4) is 0 Å². The van der Waals surface area contributed by atoms with Crippen molar-refractivity contribution in [1.82, 2.24) is 0 Å². The molecule has 232 valence electrons. The minimum atomic E-state index is 0.234. The van der Waals surface area contributed by atoms with E-state index in [2.05, 4.69) is 79.4 Å². The SMILES string of the molecule is C=C(/C=C(/C#N)C=N)c1cccc(-c2c3ccccc3c(-c3cccc(/C(C)=C/C(C#N)=C\N)c3)c3cc4c(cc23)oc2ccccc24)c1. The number of benzene rings is 6. The number of nitrogens with one attached hydrogen (secondary N) is 1. The first-order chi connectivity index (χ1) is 23.9. The van der Waals surface area contributed by atoms with Crippen molar-refractivity contribution in [1.29, 1.82) is 15.9 Å². The summed E-state index contributed by atoms with van der Waals surface area (Å²) in [5, 5.41) is 32.8. The molecule has 0 atom stereocenters. The summed E-state index contributed by atoms with van der Waals surface area (Å²) in [6.07, 6.45) is 5.80. The predicted octanol–water partition coefficient (Wildman–Crippen LogP) is 11.1. The van der Waals surface area contributed by atoms with Crippen LogP contribution in [0.5, 0.6) is 0 Å². The molecule has 7 aromatic rings. The van der Waals surface area contributed by atoms with E-state index in [-0.39, 0.29) is 5.57 Å². The summed E-state index contributed by atoms with van der Waals surface area (Å²) < 4.78 is 6.43. The fourth-order valence-electron chi connectivity index (χ4n) is 6.62. The maximum atomic E-state index is 9.48. The number of furan rings is 1. The Labute approximate surface area is 283 Å². The van der Waals surface area contributed by atoms with E-state index >= 15 is 0 Å². The van der Waals surface area contributed by atoms with E-state index in [0.717, 1.165) is 88.7 Å². The lowest BCUT2D eigenvalue weighted by atomic mass is 9.84. The van der Waals surface area contributed by atoms with E-state index in [9.17, 15) is 10.5 Å². The Morgan fingerprint density at radius 2 is 1.24 bits per heavy atom. The Bertz CT molecular complexity index is 2690. The highest BCUT2D eigenvalue weighted by Gasteiger charge is 2.20. The van der Waals surface area contributed by atoms with Crippen molar-refractivity contribution in [3.05, 3.63) is 156 Å². The molecule has 0 saturated heterocycles. The molecule has 0 saturated carbocycles. The summed E-state index contributed by atoms with van der Waals surface area (Å²) in [5.74, 6) is 0. The maximum Gasteiger partial charge on any atom is 0.136 e. The smallest absolute Gasteiger partial charge is 0.136 e. The highest BCUT2D eigenvalue weighted by atomic mass is 16.3. The van der Waals surface area contributed by atoms with Crippen molar-refractivity contribution in [2.45, 2.75) is 6.92 Å². The maximum absolute atomic E-state index is 9.48. The monoisotopic (exact) mass is 630 g/mol. The van der Waals surface area contributed by atoms with Crippen molar-refractivity contribution in [3.63, 3.8) is 0 Å². The van der Waals surface area contributed by atoms with E-state index in [1.165, 1.54) is 6.20 Å². The lowest BCUT2D eigenvalue weighted by molar-refractivity contribution is 0.669. The van der Waals surface area contributed by atoms with Crippen LogP contribution in [-0.2, 0) is 0 Å². The number of fused-ring (bicyclic) bond motifs is 5. The van der Waals surface area contributed by atoms with E-state index in [4.69, 9.17) is 15.6 Å². The van der Waals surface area contributed by atoms with Crippen LogP contribution in [0.1, 0.15) is 18.1 Å². The standard InChI is InChI=1S/C44H30N4O/c1-27(17-29(23-45)24-46)31-9-7-11-33(19-31)43-36-14-3-4-15-37(36)44(34-12-8-10-32(20-34)28(2)18-30(25-47)26-48)40-22-42-38(21-39(40)43)35-13-5-6-16-41(35)49-42/h3-23,25,47H,2,45H2,1H3/b27-17+,29-23+,30-18+,47-25?. The molecule has 1 aromatic heterocycles. The van der Waals surface area contributed by atoms with Crippen molar-refractivity contribution >= 4 is 60.8 Å². The second-order valence-electron chi connectivity index (χ2n) is 11.9. The molecule has 49 heavy (non-hydrogen) atoms. The average molecular weight is 631 g/mol. The first-order valence-electron chi connectivity index (χ1n) is 15.8. The number of hydrogen-bond acceptors (Lipinski definition) is 5. The Balaban J connectivity index is 1.57. The predicted molar refractivity (Wildman–Crippen MR) is 203 cm³/mol. The molecule has 0 aliphatic rings. The number of rotatable bonds is 7. The van der Waals surface area contributed by atoms with Gasteiger partial charge in [-0.3, -0.25) is 0 Å². The van der Waals surface area contributed by atoms with Gasteiger partial charge in [0.25, 0.3) is 0 Å². The van der Waals surface area contributed by atoms with Gasteiger partial charge >= 0.3 is 0 Å². The first-order valence-corrected chi connectivity index (χ1v) is 15.8. The van der Waals surface area contributed by atoms with Crippen molar-refractivity contribution in [3.8, 4) is 34.4 Å². The fourth-order valence-corrected chi connectivity index (χ4v) is 6.62. The van der Waals surface area contributed by atoms with Crippen LogP contribution in [-0.4, -0.2) is 6.21 Å². The number of nitriles is 2. The van der Waals surface area contributed by atoms with E-state index in [1.54, 1.807) is 12.2 Å². The van der Waals surface area contributed by atoms with Crippen molar-refractivity contribution < 1.29 is 4.42 Å². The molecular weight excluding hydrogens is 601 g/mol. The highest BCUT2D eigenvalue weighted by molar-refractivity contribution is 6.25. The van der Waals surface area contributed by atoms with Gasteiger partial charge in [0.2, 0.25) is 0 Å². The van der Waals surface area contributed by atoms with Gasteiger partial charge < -0.3 is 15.6 Å². The number of para-hydroxylation sites is 1. The van der Waals surface area contributed by atoms with Gasteiger partial charge in [0.15, 0.2) is 0 Å². The zero-order chi connectivity index (χ0) is 34.1. The first kappa shape index (κ1) is 30.7. The third-order valence-electron chi connectivity index (χ3n) is 8.94. The molecule has 3 N–H and O–H groups in total. The van der Waals surface area contributed by atoms with E-state index in [0.29, 0.717) is 11.1 Å². The Morgan fingerprint density at radius 3 is 1.88 bits per heavy atom. The zero-order valence-corrected chi connectivity index (χ0v) is 26.8. The lowest BCUT2D eigenvalue weighted by Gasteiger charge is -2.19. The zero-order valence-electron chi connectivity index (χ0n) is 26.8. The molecule has 0 unspecified atom stereocenters. The third-order valence-corrected chi connectivity index (χ3v) is 8.94. The number of nitrogens with zero attached hydrogens (tertiary/aromatic N) is 2. The minimum Gasteiger partial charge on any atom is -0.456 e. The van der Waals surface area contributed by atoms with Gasteiger partial charge in [-0.15, -0.1) is 0 Å². The summed E-state index contributed by atoms with van der Waals surface area (Å²) in [6.45, 7) is 6.20. The molecule has 0 radical (unpaired) electrons. The summed E-state index contributed by atoms with van der Waals surface area (Å²) in [7, 11) is 0. The molecule has 7 rings (SSSR count). The third kappa shape index (κ3) is 5.46. The van der Waals surface area contributed by atoms with E-state index in [1.807, 2.05) is 55.5 Å². The van der Waals surface area contributed by atoms with Gasteiger partial charge in [-0.2, -0.15) is 10.5 Å². The summed E-state index contributed by atoms with van der Waals surface area (Å²) >= 11 is 0. The quantitative estimate of drug-likeness (QED) is 0.0790. The number of nitrogens with two attached hydrogens (primary N) is 1. The molecule has 5 nitrogen and oxygen atoms in total. The molecule has 0 aliphatic heterocycles. The van der Waals surface area contributed by atoms with Gasteiger partial charge in [0.05, 0.1) is 11.1 Å². The molecule has 0 amide bonds. The van der Waals surface area contributed by atoms with E-state index < -0.39 is 0 Å². The minimum absolute atomic E-state index is 0.234. The summed E-state index contributed by atoms with van der Waals surface area (Å²) in [6, 6.07) is 41.7. The largest absolute Gasteiger partial charge is 0.456 e. The highest BCUT2D eigenvalue weighted by Crippen LogP contribution is 2.46. The van der Waals surface area contributed by atoms with Crippen LogP contribution in [0.4, 0.5) is 0 Å². The molecule has 0 spiro atoms. The molecule has 1 heterocycles. The average Bonchev–Trinajstić information content (AvgIpc) is 3.51. The van der Waals surface area contributed by atoms with Crippen molar-refractivity contribution in [2.24, 2.45) is 5.73 Å². The molecular formula is C44H30N4O. The number of allylic oxidation sites excluding steroid dienone is 6. The molecule has 0 aliphatic carbocycles.